The van der Waals surface area contributed by atoms with Crippen LogP contribution < -0.4 is 0 Å². The molecule has 0 aromatic rings. The number of halogens is 1. The smallest absolute Gasteiger partial charge is 0.303 e. The molecule has 4 heteroatoms. The van der Waals surface area contributed by atoms with Gasteiger partial charge in [-0.25, -0.2) is 0 Å². The third-order valence-corrected chi connectivity index (χ3v) is 1.89. The number of aliphatic hydroxyl groups is 1. The highest BCUT2D eigenvalue weighted by Gasteiger charge is 2.03. The molecule has 0 radical (unpaired) electrons. The zero-order chi connectivity index (χ0) is 7.28. The van der Waals surface area contributed by atoms with Gasteiger partial charge in [-0.3, -0.25) is 4.79 Å². The first-order chi connectivity index (χ1) is 4.16. The Morgan fingerprint density at radius 3 is 2.56 bits per heavy atom. The summed E-state index contributed by atoms with van der Waals surface area (Å²) >= 11 is 2.02. The Balaban J connectivity index is 3.16. The van der Waals surface area contributed by atoms with Gasteiger partial charge in [-0.2, -0.15) is 0 Å². The summed E-state index contributed by atoms with van der Waals surface area (Å²) < 4.78 is 0.602. The monoisotopic (exact) mass is 244 g/mol. The van der Waals surface area contributed by atoms with Crippen molar-refractivity contribution < 1.29 is 15.0 Å². The summed E-state index contributed by atoms with van der Waals surface area (Å²) in [5, 5.41) is 17.0. The number of hydrogen-bond acceptors (Lipinski definition) is 2. The van der Waals surface area contributed by atoms with E-state index in [1.54, 1.807) is 0 Å². The second kappa shape index (κ2) is 4.99. The molecule has 0 saturated heterocycles. The first kappa shape index (κ1) is 9.16. The summed E-state index contributed by atoms with van der Waals surface area (Å²) in [5.41, 5.74) is 0. The van der Waals surface area contributed by atoms with Crippen molar-refractivity contribution >= 4 is 28.6 Å². The lowest BCUT2D eigenvalue weighted by Gasteiger charge is -2.01. The van der Waals surface area contributed by atoms with Crippen LogP contribution in [0.5, 0.6) is 0 Å². The molecule has 1 unspecified atom stereocenters. The van der Waals surface area contributed by atoms with Gasteiger partial charge in [-0.15, -0.1) is 0 Å². The van der Waals surface area contributed by atoms with E-state index in [4.69, 9.17) is 10.2 Å². The minimum absolute atomic E-state index is 0.0597. The van der Waals surface area contributed by atoms with Gasteiger partial charge in [0.15, 0.2) is 0 Å². The Hall–Kier alpha value is 0.160. The molecular formula is C5H9IO3. The summed E-state index contributed by atoms with van der Waals surface area (Å²) in [4.78, 5) is 9.91. The highest BCUT2D eigenvalue weighted by atomic mass is 127. The van der Waals surface area contributed by atoms with Crippen LogP contribution >= 0.6 is 22.6 Å². The lowest BCUT2D eigenvalue weighted by atomic mass is 10.2. The van der Waals surface area contributed by atoms with Gasteiger partial charge < -0.3 is 10.2 Å². The lowest BCUT2D eigenvalue weighted by molar-refractivity contribution is -0.137. The van der Waals surface area contributed by atoms with Crippen LogP contribution in [-0.2, 0) is 4.79 Å². The van der Waals surface area contributed by atoms with E-state index < -0.39 is 12.1 Å². The zero-order valence-electron chi connectivity index (χ0n) is 4.88. The van der Waals surface area contributed by atoms with Crippen molar-refractivity contribution in [3.05, 3.63) is 0 Å². The standard InChI is InChI=1S/C5H9IO3/c6-3-4(7)1-2-5(8)9/h4,7H,1-3H2,(H,8,9). The van der Waals surface area contributed by atoms with Gasteiger partial charge in [-0.05, 0) is 6.42 Å². The highest BCUT2D eigenvalue weighted by Crippen LogP contribution is 1.99. The molecule has 0 aliphatic rings. The van der Waals surface area contributed by atoms with Crippen LogP contribution in [0, 0.1) is 0 Å². The molecule has 0 bridgehead atoms. The second-order valence-electron chi connectivity index (χ2n) is 1.74. The van der Waals surface area contributed by atoms with Gasteiger partial charge in [0.05, 0.1) is 6.10 Å². The Morgan fingerprint density at radius 2 is 2.22 bits per heavy atom. The maximum atomic E-state index is 9.91. The van der Waals surface area contributed by atoms with Crippen LogP contribution in [0.15, 0.2) is 0 Å². The molecule has 3 nitrogen and oxygen atoms in total. The van der Waals surface area contributed by atoms with Gasteiger partial charge >= 0.3 is 5.97 Å². The fourth-order valence-electron chi connectivity index (χ4n) is 0.367. The largest absolute Gasteiger partial charge is 0.481 e. The quantitative estimate of drug-likeness (QED) is 0.563. The van der Waals surface area contributed by atoms with Gasteiger partial charge in [0.2, 0.25) is 0 Å². The van der Waals surface area contributed by atoms with Crippen LogP contribution in [0.1, 0.15) is 12.8 Å². The fourth-order valence-corrected chi connectivity index (χ4v) is 0.808. The molecule has 0 heterocycles. The minimum atomic E-state index is -0.848. The molecule has 0 aromatic heterocycles. The van der Waals surface area contributed by atoms with E-state index in [9.17, 15) is 4.79 Å². The predicted octanol–water partition coefficient (Wildman–Crippen LogP) is 0.647. The molecular weight excluding hydrogens is 235 g/mol. The van der Waals surface area contributed by atoms with Gasteiger partial charge in [0.1, 0.15) is 0 Å². The predicted molar refractivity (Wildman–Crippen MR) is 41.8 cm³/mol. The van der Waals surface area contributed by atoms with Crippen LogP contribution in [0.3, 0.4) is 0 Å². The molecule has 0 aliphatic carbocycles. The summed E-state index contributed by atoms with van der Waals surface area (Å²) in [7, 11) is 0. The summed E-state index contributed by atoms with van der Waals surface area (Å²) in [5.74, 6) is -0.848. The molecule has 0 aliphatic heterocycles. The van der Waals surface area contributed by atoms with E-state index in [-0.39, 0.29) is 6.42 Å². The van der Waals surface area contributed by atoms with Crippen molar-refractivity contribution in [1.82, 2.24) is 0 Å². The molecule has 0 saturated carbocycles. The lowest BCUT2D eigenvalue weighted by Crippen LogP contribution is -2.10. The highest BCUT2D eigenvalue weighted by molar-refractivity contribution is 14.1. The molecule has 0 aromatic carbocycles. The fraction of sp³-hybridized carbons (Fsp3) is 0.800. The molecule has 9 heavy (non-hydrogen) atoms. The maximum Gasteiger partial charge on any atom is 0.303 e. The molecule has 1 atom stereocenters. The van der Waals surface area contributed by atoms with Gasteiger partial charge in [0, 0.05) is 10.8 Å². The zero-order valence-corrected chi connectivity index (χ0v) is 7.04. The summed E-state index contributed by atoms with van der Waals surface area (Å²) in [6.45, 7) is 0. The van der Waals surface area contributed by atoms with Gasteiger partial charge in [0.25, 0.3) is 0 Å². The Labute approximate surface area is 67.2 Å². The summed E-state index contributed by atoms with van der Waals surface area (Å²) in [6, 6.07) is 0. The van der Waals surface area contributed by atoms with Crippen molar-refractivity contribution in [2.45, 2.75) is 18.9 Å². The van der Waals surface area contributed by atoms with Crippen molar-refractivity contribution in [2.24, 2.45) is 0 Å². The normalized spacial score (nSPS) is 13.1. The average molecular weight is 244 g/mol. The number of carboxylic acid groups (broad SMARTS) is 1. The van der Waals surface area contributed by atoms with Crippen LogP contribution in [0.2, 0.25) is 0 Å². The summed E-state index contributed by atoms with van der Waals surface area (Å²) in [6.07, 6.45) is -0.0377. The Morgan fingerprint density at radius 1 is 1.67 bits per heavy atom. The number of aliphatic hydroxyl groups excluding tert-OH is 1. The number of carbonyl (C=O) groups is 1. The van der Waals surface area contributed by atoms with Crippen molar-refractivity contribution in [1.29, 1.82) is 0 Å². The van der Waals surface area contributed by atoms with E-state index in [0.717, 1.165) is 0 Å². The maximum absolute atomic E-state index is 9.91. The number of alkyl halides is 1. The molecule has 0 amide bonds. The first-order valence-electron chi connectivity index (χ1n) is 2.62. The van der Waals surface area contributed by atoms with E-state index in [1.807, 2.05) is 22.6 Å². The minimum Gasteiger partial charge on any atom is -0.481 e. The average Bonchev–Trinajstić information content (AvgIpc) is 1.83. The second-order valence-corrected chi connectivity index (χ2v) is 2.62. The van der Waals surface area contributed by atoms with E-state index in [1.165, 1.54) is 0 Å². The Bertz CT molecular complexity index is 94.2. The van der Waals surface area contributed by atoms with Crippen LogP contribution in [-0.4, -0.2) is 26.7 Å². The van der Waals surface area contributed by atoms with E-state index >= 15 is 0 Å². The Kier molecular flexibility index (Phi) is 5.07. The van der Waals surface area contributed by atoms with Crippen molar-refractivity contribution in [2.75, 3.05) is 4.43 Å². The number of rotatable bonds is 4. The first-order valence-corrected chi connectivity index (χ1v) is 4.15. The number of hydrogen-bond donors (Lipinski definition) is 2. The van der Waals surface area contributed by atoms with Crippen LogP contribution in [0.4, 0.5) is 0 Å². The number of aliphatic carboxylic acids is 1. The van der Waals surface area contributed by atoms with E-state index in [0.29, 0.717) is 10.8 Å². The SMILES string of the molecule is O=C(O)CCC(O)CI. The number of carboxylic acids is 1. The van der Waals surface area contributed by atoms with Crippen molar-refractivity contribution in [3.8, 4) is 0 Å². The third-order valence-electron chi connectivity index (χ3n) is 0.870. The van der Waals surface area contributed by atoms with Crippen LogP contribution in [0.25, 0.3) is 0 Å². The molecule has 0 rings (SSSR count). The van der Waals surface area contributed by atoms with E-state index in [2.05, 4.69) is 0 Å². The van der Waals surface area contributed by atoms with Crippen molar-refractivity contribution in [3.63, 3.8) is 0 Å². The molecule has 0 fully saturated rings. The van der Waals surface area contributed by atoms with Gasteiger partial charge in [-0.1, -0.05) is 22.6 Å². The molecule has 0 spiro atoms. The molecule has 54 valence electrons. The third kappa shape index (κ3) is 6.04. The molecule has 2 N–H and O–H groups in total. The topological polar surface area (TPSA) is 57.5 Å².